The highest BCUT2D eigenvalue weighted by molar-refractivity contribution is 6.29. The van der Waals surface area contributed by atoms with Crippen LogP contribution in [0.15, 0.2) is 12.1 Å². The Morgan fingerprint density at radius 1 is 1.69 bits per heavy atom. The van der Waals surface area contributed by atoms with E-state index in [0.717, 1.165) is 0 Å². The van der Waals surface area contributed by atoms with Gasteiger partial charge in [0, 0.05) is 12.1 Å². The number of ether oxygens (including phenoxy) is 1. The van der Waals surface area contributed by atoms with Gasteiger partial charge in [-0.25, -0.2) is 4.98 Å². The van der Waals surface area contributed by atoms with Gasteiger partial charge in [-0.05, 0) is 12.1 Å². The molecule has 0 saturated heterocycles. The molecule has 1 heterocycles. The zero-order chi connectivity index (χ0) is 9.84. The number of pyridine rings is 1. The molecule has 3 N–H and O–H groups in total. The Hall–Kier alpha value is -0.840. The Kier molecular flexibility index (Phi) is 3.48. The van der Waals surface area contributed by atoms with Gasteiger partial charge in [0.1, 0.15) is 5.15 Å². The van der Waals surface area contributed by atoms with Crippen LogP contribution < -0.4 is 10.5 Å². The first-order chi connectivity index (χ1) is 6.19. The van der Waals surface area contributed by atoms with Gasteiger partial charge in [-0.15, -0.1) is 0 Å². The third kappa shape index (κ3) is 2.30. The largest absolute Gasteiger partial charge is 0.481 e. The van der Waals surface area contributed by atoms with Gasteiger partial charge in [0.05, 0.1) is 13.2 Å². The van der Waals surface area contributed by atoms with E-state index in [9.17, 15) is 5.11 Å². The molecule has 0 saturated carbocycles. The van der Waals surface area contributed by atoms with Gasteiger partial charge >= 0.3 is 0 Å². The lowest BCUT2D eigenvalue weighted by molar-refractivity contribution is 0.181. The molecule has 0 aromatic carbocycles. The summed E-state index contributed by atoms with van der Waals surface area (Å²) < 4.78 is 4.94. The normalized spacial score (nSPS) is 12.6. The number of aromatic nitrogens is 1. The Labute approximate surface area is 81.3 Å². The molecular formula is C8H11ClN2O2. The average Bonchev–Trinajstić information content (AvgIpc) is 2.16. The van der Waals surface area contributed by atoms with Gasteiger partial charge in [-0.3, -0.25) is 0 Å². The molecule has 0 spiro atoms. The Bertz CT molecular complexity index is 293. The topological polar surface area (TPSA) is 68.4 Å². The fraction of sp³-hybridized carbons (Fsp3) is 0.375. The predicted molar refractivity (Wildman–Crippen MR) is 49.8 cm³/mol. The molecule has 0 radical (unpaired) electrons. The van der Waals surface area contributed by atoms with Crippen LogP contribution in [0.2, 0.25) is 5.15 Å². The van der Waals surface area contributed by atoms with Gasteiger partial charge in [0.25, 0.3) is 0 Å². The average molecular weight is 203 g/mol. The first-order valence-electron chi connectivity index (χ1n) is 3.77. The molecule has 0 bridgehead atoms. The number of methoxy groups -OCH3 is 1. The minimum Gasteiger partial charge on any atom is -0.481 e. The van der Waals surface area contributed by atoms with E-state index >= 15 is 0 Å². The third-order valence-corrected chi connectivity index (χ3v) is 1.84. The summed E-state index contributed by atoms with van der Waals surface area (Å²) in [6, 6.07) is 3.23. The van der Waals surface area contributed by atoms with E-state index in [1.54, 1.807) is 12.1 Å². The number of hydrogen-bond donors (Lipinski definition) is 2. The van der Waals surface area contributed by atoms with E-state index < -0.39 is 6.10 Å². The van der Waals surface area contributed by atoms with Crippen LogP contribution >= 0.6 is 11.6 Å². The van der Waals surface area contributed by atoms with Gasteiger partial charge < -0.3 is 15.6 Å². The van der Waals surface area contributed by atoms with Gasteiger partial charge in [0.2, 0.25) is 5.88 Å². The molecular weight excluding hydrogens is 192 g/mol. The number of rotatable bonds is 3. The van der Waals surface area contributed by atoms with Crippen LogP contribution in [0.4, 0.5) is 0 Å². The van der Waals surface area contributed by atoms with Gasteiger partial charge in [-0.2, -0.15) is 0 Å². The summed E-state index contributed by atoms with van der Waals surface area (Å²) in [5, 5.41) is 9.77. The lowest BCUT2D eigenvalue weighted by atomic mass is 10.1. The van der Waals surface area contributed by atoms with Gasteiger partial charge in [-0.1, -0.05) is 11.6 Å². The molecule has 1 aromatic heterocycles. The lowest BCUT2D eigenvalue weighted by Crippen LogP contribution is -2.13. The first-order valence-corrected chi connectivity index (χ1v) is 4.15. The van der Waals surface area contributed by atoms with E-state index in [1.807, 2.05) is 0 Å². The van der Waals surface area contributed by atoms with Crippen molar-refractivity contribution in [2.75, 3.05) is 13.7 Å². The summed E-state index contributed by atoms with van der Waals surface area (Å²) in [7, 11) is 1.46. The van der Waals surface area contributed by atoms with E-state index in [4.69, 9.17) is 22.1 Å². The fourth-order valence-corrected chi connectivity index (χ4v) is 1.11. The van der Waals surface area contributed by atoms with Crippen LogP contribution in [-0.2, 0) is 0 Å². The minimum atomic E-state index is -0.764. The molecule has 1 atom stereocenters. The molecule has 0 amide bonds. The van der Waals surface area contributed by atoms with Crippen molar-refractivity contribution in [1.29, 1.82) is 0 Å². The zero-order valence-electron chi connectivity index (χ0n) is 7.20. The third-order valence-electron chi connectivity index (χ3n) is 1.63. The number of aliphatic hydroxyl groups excluding tert-OH is 1. The van der Waals surface area contributed by atoms with Crippen LogP contribution in [-0.4, -0.2) is 23.7 Å². The van der Waals surface area contributed by atoms with Crippen molar-refractivity contribution < 1.29 is 9.84 Å². The van der Waals surface area contributed by atoms with Crippen molar-refractivity contribution in [2.45, 2.75) is 6.10 Å². The maximum atomic E-state index is 9.44. The number of nitrogens with zero attached hydrogens (tertiary/aromatic N) is 1. The highest BCUT2D eigenvalue weighted by Crippen LogP contribution is 2.23. The molecule has 72 valence electrons. The van der Waals surface area contributed by atoms with Crippen molar-refractivity contribution in [1.82, 2.24) is 4.98 Å². The predicted octanol–water partition coefficient (Wildman–Crippen LogP) is 0.736. The standard InChI is InChI=1S/C8H11ClN2O2/c1-13-8-5(6(12)4-10)2-3-7(9)11-8/h2-3,6,12H,4,10H2,1H3/t6-/m1/s1. The smallest absolute Gasteiger partial charge is 0.220 e. The molecule has 1 rings (SSSR count). The summed E-state index contributed by atoms with van der Waals surface area (Å²) in [5.74, 6) is 0.311. The van der Waals surface area contributed by atoms with Crippen LogP contribution in [0.25, 0.3) is 0 Å². The highest BCUT2D eigenvalue weighted by atomic mass is 35.5. The van der Waals surface area contributed by atoms with Crippen molar-refractivity contribution in [3.63, 3.8) is 0 Å². The van der Waals surface area contributed by atoms with Crippen molar-refractivity contribution in [3.05, 3.63) is 22.8 Å². The summed E-state index contributed by atoms with van der Waals surface area (Å²) >= 11 is 5.64. The van der Waals surface area contributed by atoms with Crippen LogP contribution in [0.3, 0.4) is 0 Å². The molecule has 0 aliphatic carbocycles. The second kappa shape index (κ2) is 4.41. The summed E-state index contributed by atoms with van der Waals surface area (Å²) in [5.41, 5.74) is 5.85. The fourth-order valence-electron chi connectivity index (χ4n) is 0.973. The number of nitrogens with two attached hydrogens (primary N) is 1. The second-order valence-corrected chi connectivity index (χ2v) is 2.87. The minimum absolute atomic E-state index is 0.125. The van der Waals surface area contributed by atoms with Crippen molar-refractivity contribution >= 4 is 11.6 Å². The number of aliphatic hydroxyl groups is 1. The van der Waals surface area contributed by atoms with Crippen LogP contribution in [0, 0.1) is 0 Å². The van der Waals surface area contributed by atoms with E-state index in [2.05, 4.69) is 4.98 Å². The zero-order valence-corrected chi connectivity index (χ0v) is 7.95. The van der Waals surface area contributed by atoms with Crippen LogP contribution in [0.5, 0.6) is 5.88 Å². The van der Waals surface area contributed by atoms with Crippen molar-refractivity contribution in [3.8, 4) is 5.88 Å². The maximum absolute atomic E-state index is 9.44. The SMILES string of the molecule is COc1nc(Cl)ccc1[C@H](O)CN. The lowest BCUT2D eigenvalue weighted by Gasteiger charge is -2.11. The Balaban J connectivity index is 3.05. The van der Waals surface area contributed by atoms with Crippen LogP contribution in [0.1, 0.15) is 11.7 Å². The summed E-state index contributed by atoms with van der Waals surface area (Å²) in [4.78, 5) is 3.89. The molecule has 5 heteroatoms. The van der Waals surface area contributed by atoms with Crippen molar-refractivity contribution in [2.24, 2.45) is 5.73 Å². The highest BCUT2D eigenvalue weighted by Gasteiger charge is 2.12. The second-order valence-electron chi connectivity index (χ2n) is 2.48. The first kappa shape index (κ1) is 10.2. The molecule has 0 fully saturated rings. The Morgan fingerprint density at radius 3 is 2.92 bits per heavy atom. The maximum Gasteiger partial charge on any atom is 0.220 e. The summed E-state index contributed by atoms with van der Waals surface area (Å²) in [6.45, 7) is 0.125. The quantitative estimate of drug-likeness (QED) is 0.710. The van der Waals surface area contributed by atoms with Gasteiger partial charge in [0.15, 0.2) is 0 Å². The number of hydrogen-bond acceptors (Lipinski definition) is 4. The molecule has 0 aliphatic heterocycles. The van der Waals surface area contributed by atoms with E-state index in [-0.39, 0.29) is 6.54 Å². The molecule has 0 unspecified atom stereocenters. The monoisotopic (exact) mass is 202 g/mol. The summed E-state index contributed by atoms with van der Waals surface area (Å²) in [6.07, 6.45) is -0.764. The molecule has 1 aromatic rings. The number of halogens is 1. The van der Waals surface area contributed by atoms with E-state index in [1.165, 1.54) is 7.11 Å². The van der Waals surface area contributed by atoms with E-state index in [0.29, 0.717) is 16.6 Å². The Morgan fingerprint density at radius 2 is 2.38 bits per heavy atom. The molecule has 0 aliphatic rings. The molecule has 4 nitrogen and oxygen atoms in total. The molecule has 13 heavy (non-hydrogen) atoms.